The van der Waals surface area contributed by atoms with Crippen LogP contribution in [-0.4, -0.2) is 10.9 Å². The maximum Gasteiger partial charge on any atom is 0.229 e. The topological polar surface area (TPSA) is 42.0 Å². The molecule has 0 fully saturated rings. The van der Waals surface area contributed by atoms with Crippen molar-refractivity contribution >= 4 is 22.9 Å². The summed E-state index contributed by atoms with van der Waals surface area (Å²) in [6.45, 7) is 0. The van der Waals surface area contributed by atoms with Crippen LogP contribution in [-0.2, 0) is 11.2 Å². The lowest BCUT2D eigenvalue weighted by molar-refractivity contribution is -0.115. The van der Waals surface area contributed by atoms with Crippen molar-refractivity contribution in [1.29, 1.82) is 0 Å². The molecule has 1 amide bonds. The summed E-state index contributed by atoms with van der Waals surface area (Å²) in [6.07, 6.45) is 2.10. The highest BCUT2D eigenvalue weighted by Gasteiger charge is 2.05. The molecule has 0 aliphatic heterocycles. The Morgan fingerprint density at radius 3 is 2.83 bits per heavy atom. The lowest BCUT2D eigenvalue weighted by Gasteiger charge is -2.04. The molecular weight excluding hydrogens is 304 g/mol. The average molecular weight is 318 g/mol. The summed E-state index contributed by atoms with van der Waals surface area (Å²) in [6, 6.07) is 17.0. The number of benzene rings is 1. The van der Waals surface area contributed by atoms with E-state index in [9.17, 15) is 4.79 Å². The lowest BCUT2D eigenvalue weighted by atomic mass is 10.2. The van der Waals surface area contributed by atoms with Gasteiger partial charge in [-0.05, 0) is 47.7 Å². The number of nitrogens with zero attached hydrogens (tertiary/aromatic N) is 1. The summed E-state index contributed by atoms with van der Waals surface area (Å²) >= 11 is 1.58. The minimum atomic E-state index is -0.0257. The Labute approximate surface area is 139 Å². The third-order valence-electron chi connectivity index (χ3n) is 3.06. The first kappa shape index (κ1) is 15.0. The van der Waals surface area contributed by atoms with E-state index >= 15 is 0 Å². The van der Waals surface area contributed by atoms with Gasteiger partial charge in [0.15, 0.2) is 0 Å². The third kappa shape index (κ3) is 4.53. The van der Waals surface area contributed by atoms with E-state index in [1.165, 1.54) is 0 Å². The van der Waals surface area contributed by atoms with Gasteiger partial charge < -0.3 is 5.32 Å². The van der Waals surface area contributed by atoms with Crippen LogP contribution < -0.4 is 5.32 Å². The quantitative estimate of drug-likeness (QED) is 0.748. The molecule has 1 aromatic carbocycles. The molecular formula is C19H14N2OS. The highest BCUT2D eigenvalue weighted by molar-refractivity contribution is 7.10. The number of amides is 1. The maximum atomic E-state index is 12.0. The molecule has 0 aliphatic rings. The highest BCUT2D eigenvalue weighted by Crippen LogP contribution is 2.13. The van der Waals surface area contributed by atoms with Gasteiger partial charge in [0.05, 0.1) is 6.42 Å². The van der Waals surface area contributed by atoms with Crippen LogP contribution in [0.4, 0.5) is 5.69 Å². The minimum Gasteiger partial charge on any atom is -0.326 e. The normalized spacial score (nSPS) is 9.74. The van der Waals surface area contributed by atoms with Gasteiger partial charge in [-0.25, -0.2) is 4.98 Å². The summed E-state index contributed by atoms with van der Waals surface area (Å²) in [5.74, 6) is 6.04. The first-order chi connectivity index (χ1) is 11.3. The van der Waals surface area contributed by atoms with Crippen LogP contribution in [0.15, 0.2) is 66.2 Å². The smallest absolute Gasteiger partial charge is 0.229 e. The fraction of sp³-hybridized carbons (Fsp3) is 0.0526. The number of carbonyl (C=O) groups is 1. The predicted octanol–water partition coefficient (Wildman–Crippen LogP) is 3.72. The number of pyridine rings is 1. The van der Waals surface area contributed by atoms with Gasteiger partial charge in [-0.1, -0.05) is 24.1 Å². The highest BCUT2D eigenvalue weighted by atomic mass is 32.1. The Morgan fingerprint density at radius 1 is 1.09 bits per heavy atom. The standard InChI is InChI=1S/C19H14N2OS/c22-19(14-18-8-4-12-23-18)21-17-7-3-5-15(13-17)9-10-16-6-1-2-11-20-16/h1-8,11-13H,14H2,(H,21,22). The van der Waals surface area contributed by atoms with Gasteiger partial charge in [0.1, 0.15) is 5.69 Å². The van der Waals surface area contributed by atoms with Gasteiger partial charge in [0, 0.05) is 22.3 Å². The molecule has 3 aromatic rings. The van der Waals surface area contributed by atoms with Crippen LogP contribution in [0, 0.1) is 11.8 Å². The molecule has 0 unspecified atom stereocenters. The van der Waals surface area contributed by atoms with E-state index in [0.717, 1.165) is 21.8 Å². The number of hydrogen-bond acceptors (Lipinski definition) is 3. The van der Waals surface area contributed by atoms with Gasteiger partial charge in [-0.2, -0.15) is 0 Å². The second-order valence-corrected chi connectivity index (χ2v) is 5.88. The van der Waals surface area contributed by atoms with E-state index in [-0.39, 0.29) is 5.91 Å². The predicted molar refractivity (Wildman–Crippen MR) is 93.3 cm³/mol. The Balaban J connectivity index is 1.68. The second-order valence-electron chi connectivity index (χ2n) is 4.85. The Kier molecular flexibility index (Phi) is 4.82. The zero-order valence-corrected chi connectivity index (χ0v) is 13.1. The van der Waals surface area contributed by atoms with Crippen LogP contribution >= 0.6 is 11.3 Å². The van der Waals surface area contributed by atoms with Crippen molar-refractivity contribution in [2.24, 2.45) is 0 Å². The van der Waals surface area contributed by atoms with E-state index in [0.29, 0.717) is 6.42 Å². The van der Waals surface area contributed by atoms with Crippen LogP contribution in [0.3, 0.4) is 0 Å². The monoisotopic (exact) mass is 318 g/mol. The fourth-order valence-corrected chi connectivity index (χ4v) is 2.73. The zero-order chi connectivity index (χ0) is 15.9. The molecule has 0 aliphatic carbocycles. The SMILES string of the molecule is O=C(Cc1cccs1)Nc1cccc(C#Cc2ccccn2)c1. The van der Waals surface area contributed by atoms with Gasteiger partial charge in [0.2, 0.25) is 5.91 Å². The summed E-state index contributed by atoms with van der Waals surface area (Å²) in [5, 5.41) is 4.87. The zero-order valence-electron chi connectivity index (χ0n) is 12.3. The van der Waals surface area contributed by atoms with E-state index in [4.69, 9.17) is 0 Å². The fourth-order valence-electron chi connectivity index (χ4n) is 2.02. The Morgan fingerprint density at radius 2 is 2.04 bits per heavy atom. The molecule has 2 aromatic heterocycles. The Hall–Kier alpha value is -2.90. The van der Waals surface area contributed by atoms with Crippen LogP contribution in [0.5, 0.6) is 0 Å². The number of hydrogen-bond donors (Lipinski definition) is 1. The molecule has 0 radical (unpaired) electrons. The van der Waals surface area contributed by atoms with Gasteiger partial charge in [-0.3, -0.25) is 4.79 Å². The molecule has 0 spiro atoms. The van der Waals surface area contributed by atoms with Crippen molar-refractivity contribution in [3.63, 3.8) is 0 Å². The molecule has 112 valence electrons. The first-order valence-electron chi connectivity index (χ1n) is 7.15. The number of rotatable bonds is 3. The van der Waals surface area contributed by atoms with Crippen molar-refractivity contribution in [2.45, 2.75) is 6.42 Å². The molecule has 0 atom stereocenters. The van der Waals surface area contributed by atoms with E-state index < -0.39 is 0 Å². The van der Waals surface area contributed by atoms with Crippen LogP contribution in [0.25, 0.3) is 0 Å². The van der Waals surface area contributed by atoms with E-state index in [1.807, 2.05) is 60.0 Å². The molecule has 4 heteroatoms. The largest absolute Gasteiger partial charge is 0.326 e. The van der Waals surface area contributed by atoms with Crippen LogP contribution in [0.1, 0.15) is 16.1 Å². The molecule has 1 N–H and O–H groups in total. The number of thiophene rings is 1. The van der Waals surface area contributed by atoms with Crippen molar-refractivity contribution in [1.82, 2.24) is 4.98 Å². The van der Waals surface area contributed by atoms with E-state index in [1.54, 1.807) is 17.5 Å². The summed E-state index contributed by atoms with van der Waals surface area (Å²) in [5.41, 5.74) is 2.31. The Bertz CT molecular complexity index is 846. The molecule has 3 nitrogen and oxygen atoms in total. The molecule has 0 bridgehead atoms. The van der Waals surface area contributed by atoms with Crippen molar-refractivity contribution < 1.29 is 4.79 Å². The summed E-state index contributed by atoms with van der Waals surface area (Å²) < 4.78 is 0. The van der Waals surface area contributed by atoms with Gasteiger partial charge in [-0.15, -0.1) is 11.3 Å². The van der Waals surface area contributed by atoms with Crippen molar-refractivity contribution in [2.75, 3.05) is 5.32 Å². The van der Waals surface area contributed by atoms with Gasteiger partial charge in [0.25, 0.3) is 0 Å². The van der Waals surface area contributed by atoms with E-state index in [2.05, 4.69) is 22.1 Å². The second kappa shape index (κ2) is 7.39. The minimum absolute atomic E-state index is 0.0257. The third-order valence-corrected chi connectivity index (χ3v) is 3.94. The maximum absolute atomic E-state index is 12.0. The molecule has 2 heterocycles. The number of aromatic nitrogens is 1. The number of carbonyl (C=O) groups excluding carboxylic acids is 1. The molecule has 23 heavy (non-hydrogen) atoms. The first-order valence-corrected chi connectivity index (χ1v) is 8.03. The number of anilines is 1. The van der Waals surface area contributed by atoms with Crippen LogP contribution in [0.2, 0.25) is 0 Å². The van der Waals surface area contributed by atoms with Crippen molar-refractivity contribution in [3.8, 4) is 11.8 Å². The van der Waals surface area contributed by atoms with Crippen molar-refractivity contribution in [3.05, 3.63) is 82.3 Å². The molecule has 3 rings (SSSR count). The average Bonchev–Trinajstić information content (AvgIpc) is 3.07. The molecule has 0 saturated heterocycles. The number of nitrogens with one attached hydrogen (secondary N) is 1. The van der Waals surface area contributed by atoms with Gasteiger partial charge >= 0.3 is 0 Å². The summed E-state index contributed by atoms with van der Waals surface area (Å²) in [7, 11) is 0. The lowest BCUT2D eigenvalue weighted by Crippen LogP contribution is -2.13. The summed E-state index contributed by atoms with van der Waals surface area (Å²) in [4.78, 5) is 17.2. The molecule has 0 saturated carbocycles.